The van der Waals surface area contributed by atoms with Gasteiger partial charge in [0.1, 0.15) is 0 Å². The van der Waals surface area contributed by atoms with Crippen molar-refractivity contribution in [2.24, 2.45) is 5.92 Å². The first-order valence-corrected chi connectivity index (χ1v) is 8.29. The van der Waals surface area contributed by atoms with E-state index < -0.39 is 0 Å². The number of nitrogens with one attached hydrogen (secondary N) is 1. The number of amides is 1. The van der Waals surface area contributed by atoms with Crippen LogP contribution in [0.25, 0.3) is 0 Å². The second-order valence-corrected chi connectivity index (χ2v) is 6.37. The Kier molecular flexibility index (Phi) is 5.44. The topological polar surface area (TPSA) is 41.6 Å². The average Bonchev–Trinajstić information content (AvgIpc) is 3.05. The molecule has 2 fully saturated rings. The van der Waals surface area contributed by atoms with Gasteiger partial charge in [-0.3, -0.25) is 10.1 Å². The van der Waals surface area contributed by atoms with Crippen molar-refractivity contribution in [3.05, 3.63) is 0 Å². The van der Waals surface area contributed by atoms with E-state index in [1.165, 1.54) is 25.7 Å². The summed E-state index contributed by atoms with van der Waals surface area (Å²) >= 11 is 0. The fourth-order valence-electron chi connectivity index (χ4n) is 3.53. The fourth-order valence-corrected chi connectivity index (χ4v) is 3.53. The molecule has 2 atom stereocenters. The zero-order valence-electron chi connectivity index (χ0n) is 13.3. The van der Waals surface area contributed by atoms with Gasteiger partial charge in [0.2, 0.25) is 5.91 Å². The van der Waals surface area contributed by atoms with Crippen LogP contribution in [-0.2, 0) is 9.53 Å². The molecule has 1 aliphatic carbocycles. The highest BCUT2D eigenvalue weighted by atomic mass is 16.5. The molecule has 1 amide bonds. The Hall–Kier alpha value is -0.610. The normalized spacial score (nSPS) is 31.4. The molecule has 2 rings (SSSR count). The summed E-state index contributed by atoms with van der Waals surface area (Å²) in [6, 6.07) is 0. The molecule has 1 aliphatic heterocycles. The summed E-state index contributed by atoms with van der Waals surface area (Å²) in [6.07, 6.45) is 7.18. The molecule has 20 heavy (non-hydrogen) atoms. The third kappa shape index (κ3) is 3.17. The number of rotatable bonds is 7. The first-order chi connectivity index (χ1) is 9.62. The van der Waals surface area contributed by atoms with Gasteiger partial charge >= 0.3 is 0 Å². The molecular formula is C16H30N2O2. The Labute approximate surface area is 123 Å². The molecule has 0 aromatic carbocycles. The van der Waals surface area contributed by atoms with Crippen LogP contribution in [-0.4, -0.2) is 42.3 Å². The lowest BCUT2D eigenvalue weighted by Gasteiger charge is -2.29. The zero-order chi connectivity index (χ0) is 14.6. The molecule has 4 heteroatoms. The van der Waals surface area contributed by atoms with Crippen LogP contribution in [0.5, 0.6) is 0 Å². The van der Waals surface area contributed by atoms with Gasteiger partial charge in [0.25, 0.3) is 0 Å². The average molecular weight is 282 g/mol. The highest BCUT2D eigenvalue weighted by Gasteiger charge is 2.49. The van der Waals surface area contributed by atoms with Crippen LogP contribution in [0.3, 0.4) is 0 Å². The second kappa shape index (κ2) is 6.90. The van der Waals surface area contributed by atoms with Crippen molar-refractivity contribution in [3.8, 4) is 0 Å². The lowest BCUT2D eigenvalue weighted by atomic mass is 9.99. The van der Waals surface area contributed by atoms with Crippen LogP contribution in [0, 0.1) is 5.92 Å². The van der Waals surface area contributed by atoms with Crippen molar-refractivity contribution in [2.45, 2.75) is 71.0 Å². The Morgan fingerprint density at radius 1 is 1.35 bits per heavy atom. The molecule has 2 unspecified atom stereocenters. The van der Waals surface area contributed by atoms with Gasteiger partial charge in [-0.25, -0.2) is 0 Å². The molecule has 1 saturated heterocycles. The maximum atomic E-state index is 12.7. The van der Waals surface area contributed by atoms with Gasteiger partial charge < -0.3 is 9.64 Å². The predicted molar refractivity (Wildman–Crippen MR) is 80.4 cm³/mol. The molecule has 1 heterocycles. The quantitative estimate of drug-likeness (QED) is 0.730. The van der Waals surface area contributed by atoms with Crippen molar-refractivity contribution in [3.63, 3.8) is 0 Å². The van der Waals surface area contributed by atoms with Gasteiger partial charge in [-0.2, -0.15) is 0 Å². The van der Waals surface area contributed by atoms with E-state index >= 15 is 0 Å². The van der Waals surface area contributed by atoms with Gasteiger partial charge in [0, 0.05) is 19.8 Å². The summed E-state index contributed by atoms with van der Waals surface area (Å²) in [5, 5.41) is 3.64. The SMILES string of the molecule is CCOCCCN1C(=O)C(C)(CC)NC1C1CCCC1. The van der Waals surface area contributed by atoms with Crippen LogP contribution in [0.2, 0.25) is 0 Å². The van der Waals surface area contributed by atoms with E-state index in [0.29, 0.717) is 5.92 Å². The lowest BCUT2D eigenvalue weighted by Crippen LogP contribution is -2.45. The first-order valence-electron chi connectivity index (χ1n) is 8.29. The minimum Gasteiger partial charge on any atom is -0.382 e. The summed E-state index contributed by atoms with van der Waals surface area (Å²) in [6.45, 7) is 8.49. The molecule has 1 N–H and O–H groups in total. The summed E-state index contributed by atoms with van der Waals surface area (Å²) < 4.78 is 5.41. The van der Waals surface area contributed by atoms with Crippen molar-refractivity contribution in [2.75, 3.05) is 19.8 Å². The third-order valence-corrected chi connectivity index (χ3v) is 4.98. The Bertz CT molecular complexity index is 328. The fraction of sp³-hybridized carbons (Fsp3) is 0.938. The molecule has 4 nitrogen and oxygen atoms in total. The number of carbonyl (C=O) groups is 1. The molecule has 116 valence electrons. The van der Waals surface area contributed by atoms with Gasteiger partial charge in [-0.1, -0.05) is 19.8 Å². The highest BCUT2D eigenvalue weighted by molar-refractivity contribution is 5.88. The van der Waals surface area contributed by atoms with Crippen molar-refractivity contribution < 1.29 is 9.53 Å². The molecule has 0 bridgehead atoms. The number of hydrogen-bond acceptors (Lipinski definition) is 3. The van der Waals surface area contributed by atoms with E-state index in [1.807, 2.05) is 6.92 Å². The number of ether oxygens (including phenoxy) is 1. The van der Waals surface area contributed by atoms with Crippen LogP contribution >= 0.6 is 0 Å². The zero-order valence-corrected chi connectivity index (χ0v) is 13.3. The minimum absolute atomic E-state index is 0.247. The number of carbonyl (C=O) groups excluding carboxylic acids is 1. The number of hydrogen-bond donors (Lipinski definition) is 1. The first kappa shape index (κ1) is 15.8. The van der Waals surface area contributed by atoms with E-state index in [1.54, 1.807) is 0 Å². The van der Waals surface area contributed by atoms with Crippen LogP contribution in [0.15, 0.2) is 0 Å². The highest BCUT2D eigenvalue weighted by Crippen LogP contribution is 2.35. The molecule has 0 spiro atoms. The second-order valence-electron chi connectivity index (χ2n) is 6.37. The van der Waals surface area contributed by atoms with Crippen molar-refractivity contribution in [1.82, 2.24) is 10.2 Å². The number of nitrogens with zero attached hydrogens (tertiary/aromatic N) is 1. The molecule has 1 saturated carbocycles. The third-order valence-electron chi connectivity index (χ3n) is 4.98. The molecule has 0 radical (unpaired) electrons. The van der Waals surface area contributed by atoms with Gasteiger partial charge in [0.15, 0.2) is 0 Å². The van der Waals surface area contributed by atoms with E-state index in [0.717, 1.165) is 32.6 Å². The van der Waals surface area contributed by atoms with Crippen LogP contribution < -0.4 is 5.32 Å². The molecular weight excluding hydrogens is 252 g/mol. The van der Waals surface area contributed by atoms with Crippen molar-refractivity contribution in [1.29, 1.82) is 0 Å². The maximum Gasteiger partial charge on any atom is 0.243 e. The smallest absolute Gasteiger partial charge is 0.243 e. The van der Waals surface area contributed by atoms with Gasteiger partial charge in [-0.15, -0.1) is 0 Å². The summed E-state index contributed by atoms with van der Waals surface area (Å²) in [7, 11) is 0. The molecule has 0 aromatic heterocycles. The Morgan fingerprint density at radius 3 is 2.65 bits per heavy atom. The Morgan fingerprint density at radius 2 is 2.05 bits per heavy atom. The molecule has 0 aromatic rings. The van der Waals surface area contributed by atoms with E-state index in [9.17, 15) is 4.79 Å². The van der Waals surface area contributed by atoms with Gasteiger partial charge in [-0.05, 0) is 45.4 Å². The Balaban J connectivity index is 2.00. The maximum absolute atomic E-state index is 12.7. The van der Waals surface area contributed by atoms with Crippen molar-refractivity contribution >= 4 is 5.91 Å². The largest absolute Gasteiger partial charge is 0.382 e. The predicted octanol–water partition coefficient (Wildman–Crippen LogP) is 2.53. The minimum atomic E-state index is -0.362. The monoisotopic (exact) mass is 282 g/mol. The summed E-state index contributed by atoms with van der Waals surface area (Å²) in [4.78, 5) is 14.8. The van der Waals surface area contributed by atoms with Crippen LogP contribution in [0.4, 0.5) is 0 Å². The van der Waals surface area contributed by atoms with E-state index in [-0.39, 0.29) is 17.6 Å². The van der Waals surface area contributed by atoms with Crippen LogP contribution in [0.1, 0.15) is 59.3 Å². The standard InChI is InChI=1S/C16H30N2O2/c1-4-16(3)15(19)18(11-8-12-20-5-2)14(17-16)13-9-6-7-10-13/h13-14,17H,4-12H2,1-3H3. The van der Waals surface area contributed by atoms with Gasteiger partial charge in [0.05, 0.1) is 11.7 Å². The summed E-state index contributed by atoms with van der Waals surface area (Å²) in [5.74, 6) is 0.924. The summed E-state index contributed by atoms with van der Waals surface area (Å²) in [5.41, 5.74) is -0.362. The lowest BCUT2D eigenvalue weighted by molar-refractivity contribution is -0.133. The molecule has 2 aliphatic rings. The van der Waals surface area contributed by atoms with E-state index in [4.69, 9.17) is 4.74 Å². The van der Waals surface area contributed by atoms with E-state index in [2.05, 4.69) is 24.1 Å².